The molecule has 2 aromatic carbocycles. The van der Waals surface area contributed by atoms with Gasteiger partial charge in [-0.25, -0.2) is 4.68 Å². The van der Waals surface area contributed by atoms with Crippen molar-refractivity contribution in [3.8, 4) is 11.3 Å². The smallest absolute Gasteiger partial charge is 0.206 e. The standard InChI is InChI=1S/C24H23BrN4OS/c1-16-21(20-6-2-3-7-22(20)28-16)14-27-29-23(17-8-10-18(25)11-9-17)15-31-24(29)26-13-19-5-4-12-30-19/h2-3,6-11,14-15,19,28H,4-5,12-13H2,1H3/b26-24?,27-14+. The van der Waals surface area contributed by atoms with Crippen molar-refractivity contribution in [1.29, 1.82) is 0 Å². The average molecular weight is 495 g/mol. The van der Waals surface area contributed by atoms with Gasteiger partial charge in [-0.05, 0) is 38.0 Å². The van der Waals surface area contributed by atoms with Crippen LogP contribution in [0.15, 0.2) is 68.5 Å². The lowest BCUT2D eigenvalue weighted by Crippen LogP contribution is -2.17. The van der Waals surface area contributed by atoms with Crippen LogP contribution in [-0.4, -0.2) is 35.1 Å². The number of benzene rings is 2. The van der Waals surface area contributed by atoms with Crippen molar-refractivity contribution in [1.82, 2.24) is 9.66 Å². The fourth-order valence-corrected chi connectivity index (χ4v) is 5.00. The Bertz CT molecular complexity index is 1290. The largest absolute Gasteiger partial charge is 0.376 e. The summed E-state index contributed by atoms with van der Waals surface area (Å²) >= 11 is 5.13. The van der Waals surface area contributed by atoms with Crippen LogP contribution >= 0.6 is 27.3 Å². The summed E-state index contributed by atoms with van der Waals surface area (Å²) in [5.74, 6) is 0. The number of aryl methyl sites for hydroxylation is 1. The molecular formula is C24H23BrN4OS. The topological polar surface area (TPSA) is 54.7 Å². The summed E-state index contributed by atoms with van der Waals surface area (Å²) < 4.78 is 8.76. The van der Waals surface area contributed by atoms with Crippen molar-refractivity contribution in [3.05, 3.63) is 74.4 Å². The first-order valence-corrected chi connectivity index (χ1v) is 12.1. The van der Waals surface area contributed by atoms with Gasteiger partial charge in [-0.3, -0.25) is 4.99 Å². The van der Waals surface area contributed by atoms with Crippen LogP contribution in [0.1, 0.15) is 24.1 Å². The maximum Gasteiger partial charge on any atom is 0.206 e. The quantitative estimate of drug-likeness (QED) is 0.353. The Balaban J connectivity index is 1.58. The van der Waals surface area contributed by atoms with Crippen molar-refractivity contribution >= 4 is 44.4 Å². The minimum absolute atomic E-state index is 0.214. The number of H-pyrrole nitrogens is 1. The highest BCUT2D eigenvalue weighted by molar-refractivity contribution is 9.10. The van der Waals surface area contributed by atoms with Gasteiger partial charge >= 0.3 is 0 Å². The molecule has 0 spiro atoms. The Morgan fingerprint density at radius 3 is 2.87 bits per heavy atom. The molecule has 0 aliphatic carbocycles. The zero-order valence-electron chi connectivity index (χ0n) is 17.2. The number of thiazole rings is 1. The van der Waals surface area contributed by atoms with Crippen LogP contribution in [0, 0.1) is 6.92 Å². The molecule has 1 atom stereocenters. The van der Waals surface area contributed by atoms with E-state index in [0.29, 0.717) is 6.54 Å². The Labute approximate surface area is 193 Å². The normalized spacial score (nSPS) is 17.4. The van der Waals surface area contributed by atoms with Gasteiger partial charge in [-0.15, -0.1) is 11.3 Å². The van der Waals surface area contributed by atoms with E-state index in [1.165, 1.54) is 5.39 Å². The SMILES string of the molecule is Cc1[nH]c2ccccc2c1/C=N/n1c(-c2ccc(Br)cc2)csc1=NCC1CCCO1. The predicted molar refractivity (Wildman–Crippen MR) is 131 cm³/mol. The van der Waals surface area contributed by atoms with Gasteiger partial charge in [0, 0.05) is 44.2 Å². The lowest BCUT2D eigenvalue weighted by atomic mass is 10.1. The maximum absolute atomic E-state index is 5.76. The highest BCUT2D eigenvalue weighted by atomic mass is 79.9. The Morgan fingerprint density at radius 1 is 1.23 bits per heavy atom. The molecule has 1 fully saturated rings. The number of aromatic nitrogens is 2. The number of hydrogen-bond acceptors (Lipinski definition) is 4. The van der Waals surface area contributed by atoms with E-state index < -0.39 is 0 Å². The summed E-state index contributed by atoms with van der Waals surface area (Å²) in [6.45, 7) is 3.59. The van der Waals surface area contributed by atoms with Crippen LogP contribution in [0.2, 0.25) is 0 Å². The molecule has 7 heteroatoms. The van der Waals surface area contributed by atoms with Crippen LogP contribution < -0.4 is 4.80 Å². The van der Waals surface area contributed by atoms with E-state index in [9.17, 15) is 0 Å². The van der Waals surface area contributed by atoms with Crippen LogP contribution in [0.3, 0.4) is 0 Å². The number of fused-ring (bicyclic) bond motifs is 1. The van der Waals surface area contributed by atoms with Crippen molar-refractivity contribution < 1.29 is 4.74 Å². The zero-order valence-corrected chi connectivity index (χ0v) is 19.6. The van der Waals surface area contributed by atoms with E-state index in [1.54, 1.807) is 11.3 Å². The number of para-hydroxylation sites is 1. The molecule has 5 nitrogen and oxygen atoms in total. The first-order valence-electron chi connectivity index (χ1n) is 10.4. The molecule has 1 unspecified atom stereocenters. The third kappa shape index (κ3) is 4.31. The number of nitrogens with zero attached hydrogens (tertiary/aromatic N) is 3. The molecule has 5 rings (SSSR count). The van der Waals surface area contributed by atoms with Crippen LogP contribution in [0.25, 0.3) is 22.2 Å². The summed E-state index contributed by atoms with van der Waals surface area (Å²) in [5, 5.41) is 8.19. The molecule has 2 aromatic heterocycles. The Hall–Kier alpha value is -2.48. The van der Waals surface area contributed by atoms with Crippen molar-refractivity contribution in [2.24, 2.45) is 10.1 Å². The van der Waals surface area contributed by atoms with E-state index in [-0.39, 0.29) is 6.10 Å². The number of ether oxygens (including phenoxy) is 1. The molecule has 3 heterocycles. The van der Waals surface area contributed by atoms with Gasteiger partial charge in [-0.2, -0.15) is 5.10 Å². The summed E-state index contributed by atoms with van der Waals surface area (Å²) in [6, 6.07) is 16.6. The molecule has 0 amide bonds. The lowest BCUT2D eigenvalue weighted by Gasteiger charge is -2.06. The second-order valence-corrected chi connectivity index (χ2v) is 9.40. The minimum Gasteiger partial charge on any atom is -0.376 e. The minimum atomic E-state index is 0.214. The first-order chi connectivity index (χ1) is 15.2. The third-order valence-corrected chi connectivity index (χ3v) is 6.91. The van der Waals surface area contributed by atoms with E-state index in [1.807, 2.05) is 29.1 Å². The molecule has 1 saturated heterocycles. The zero-order chi connectivity index (χ0) is 21.2. The fourth-order valence-electron chi connectivity index (χ4n) is 3.89. The highest BCUT2D eigenvalue weighted by Gasteiger charge is 2.15. The highest BCUT2D eigenvalue weighted by Crippen LogP contribution is 2.24. The molecular weight excluding hydrogens is 472 g/mol. The average Bonchev–Trinajstić information content (AvgIpc) is 3.50. The van der Waals surface area contributed by atoms with Gasteiger partial charge in [0.15, 0.2) is 0 Å². The number of halogens is 1. The lowest BCUT2D eigenvalue weighted by molar-refractivity contribution is 0.117. The summed E-state index contributed by atoms with van der Waals surface area (Å²) in [4.78, 5) is 9.18. The number of rotatable bonds is 5. The van der Waals surface area contributed by atoms with E-state index in [4.69, 9.17) is 14.8 Å². The van der Waals surface area contributed by atoms with Gasteiger partial charge in [0.25, 0.3) is 0 Å². The van der Waals surface area contributed by atoms with Crippen molar-refractivity contribution in [2.45, 2.75) is 25.9 Å². The summed E-state index contributed by atoms with van der Waals surface area (Å²) in [5.41, 5.74) is 5.45. The second-order valence-electron chi connectivity index (χ2n) is 7.65. The molecule has 0 radical (unpaired) electrons. The Morgan fingerprint density at radius 2 is 2.06 bits per heavy atom. The van der Waals surface area contributed by atoms with E-state index in [0.717, 1.165) is 56.8 Å². The molecule has 0 bridgehead atoms. The van der Waals surface area contributed by atoms with Crippen LogP contribution in [0.4, 0.5) is 0 Å². The molecule has 31 heavy (non-hydrogen) atoms. The van der Waals surface area contributed by atoms with Crippen molar-refractivity contribution in [2.75, 3.05) is 13.2 Å². The molecule has 1 N–H and O–H groups in total. The van der Waals surface area contributed by atoms with E-state index in [2.05, 4.69) is 63.5 Å². The molecule has 1 aliphatic heterocycles. The summed E-state index contributed by atoms with van der Waals surface area (Å²) in [6.07, 6.45) is 4.35. The second kappa shape index (κ2) is 8.94. The van der Waals surface area contributed by atoms with Gasteiger partial charge in [0.1, 0.15) is 0 Å². The van der Waals surface area contributed by atoms with Crippen LogP contribution in [-0.2, 0) is 4.74 Å². The first kappa shape index (κ1) is 20.4. The number of hydrogen-bond donors (Lipinski definition) is 1. The van der Waals surface area contributed by atoms with Gasteiger partial charge < -0.3 is 9.72 Å². The third-order valence-electron chi connectivity index (χ3n) is 5.53. The van der Waals surface area contributed by atoms with Gasteiger partial charge in [-0.1, -0.05) is 46.3 Å². The number of aromatic amines is 1. The van der Waals surface area contributed by atoms with Crippen molar-refractivity contribution in [3.63, 3.8) is 0 Å². The maximum atomic E-state index is 5.76. The van der Waals surface area contributed by atoms with Crippen LogP contribution in [0.5, 0.6) is 0 Å². The monoisotopic (exact) mass is 494 g/mol. The molecule has 158 valence electrons. The predicted octanol–water partition coefficient (Wildman–Crippen LogP) is 5.73. The molecule has 4 aromatic rings. The van der Waals surface area contributed by atoms with E-state index >= 15 is 0 Å². The Kier molecular flexibility index (Phi) is 5.89. The number of nitrogens with one attached hydrogen (secondary N) is 1. The van der Waals surface area contributed by atoms with Gasteiger partial charge in [0.2, 0.25) is 4.80 Å². The summed E-state index contributed by atoms with van der Waals surface area (Å²) in [7, 11) is 0. The molecule has 1 aliphatic rings. The van der Waals surface area contributed by atoms with Gasteiger partial charge in [0.05, 0.1) is 24.6 Å². The fraction of sp³-hybridized carbons (Fsp3) is 0.250. The molecule has 0 saturated carbocycles.